The van der Waals surface area contributed by atoms with Crippen LogP contribution in [0.15, 0.2) is 30.3 Å². The Balaban J connectivity index is 2.64. The third kappa shape index (κ3) is 7.40. The number of carbonyl (C=O) groups excluding carboxylic acids is 1. The molecule has 0 aliphatic heterocycles. The molecule has 0 spiro atoms. The second kappa shape index (κ2) is 11.4. The normalized spacial score (nSPS) is 10.9. The van der Waals surface area contributed by atoms with Gasteiger partial charge >= 0.3 is 0 Å². The maximum Gasteiger partial charge on any atom is 0.269 e. The lowest BCUT2D eigenvalue weighted by atomic mass is 10.2. The molecule has 132 valence electrons. The van der Waals surface area contributed by atoms with Crippen molar-refractivity contribution in [2.45, 2.75) is 52.4 Å². The monoisotopic (exact) mass is 332 g/mol. The topological polar surface area (TPSA) is 63.5 Å². The Morgan fingerprint density at radius 3 is 2.04 bits per heavy atom. The maximum atomic E-state index is 12.4. The highest BCUT2D eigenvalue weighted by Gasteiger charge is 2.10. The molecule has 0 aliphatic carbocycles. The first-order valence-electron chi connectivity index (χ1n) is 8.80. The number of hydrogen-bond donors (Lipinski definition) is 0. The Labute approximate surface area is 144 Å². The van der Waals surface area contributed by atoms with E-state index in [0.717, 1.165) is 57.2 Å². The number of nitro groups is 1. The predicted molar refractivity (Wildman–Crippen MR) is 97.8 cm³/mol. The minimum Gasteiger partial charge on any atom is -0.339 e. The number of non-ortho nitro benzene ring substituents is 1. The summed E-state index contributed by atoms with van der Waals surface area (Å²) in [6, 6.07) is 6.20. The molecule has 0 aliphatic rings. The van der Waals surface area contributed by atoms with Crippen LogP contribution in [0, 0.1) is 10.1 Å². The van der Waals surface area contributed by atoms with Crippen molar-refractivity contribution in [1.29, 1.82) is 0 Å². The largest absolute Gasteiger partial charge is 0.339 e. The van der Waals surface area contributed by atoms with Crippen molar-refractivity contribution in [3.63, 3.8) is 0 Å². The van der Waals surface area contributed by atoms with Crippen molar-refractivity contribution in [1.82, 2.24) is 4.90 Å². The van der Waals surface area contributed by atoms with E-state index in [0.29, 0.717) is 0 Å². The first-order chi connectivity index (χ1) is 11.6. The lowest BCUT2D eigenvalue weighted by Crippen LogP contribution is -2.31. The van der Waals surface area contributed by atoms with E-state index < -0.39 is 4.92 Å². The van der Waals surface area contributed by atoms with E-state index in [1.165, 1.54) is 12.1 Å². The van der Waals surface area contributed by atoms with Gasteiger partial charge in [0, 0.05) is 31.3 Å². The molecule has 1 rings (SSSR count). The molecule has 1 aromatic rings. The minimum absolute atomic E-state index is 0.0144. The molecule has 0 heterocycles. The molecule has 0 bridgehead atoms. The van der Waals surface area contributed by atoms with Gasteiger partial charge in [0.15, 0.2) is 0 Å². The van der Waals surface area contributed by atoms with E-state index in [-0.39, 0.29) is 11.6 Å². The molecule has 0 fully saturated rings. The number of unbranched alkanes of at least 4 members (excludes halogenated alkanes) is 4. The van der Waals surface area contributed by atoms with Crippen molar-refractivity contribution in [2.24, 2.45) is 0 Å². The number of rotatable bonds is 11. The summed E-state index contributed by atoms with van der Waals surface area (Å²) in [6.45, 7) is 5.89. The molecule has 0 radical (unpaired) electrons. The summed E-state index contributed by atoms with van der Waals surface area (Å²) in [6.07, 6.45) is 9.87. The van der Waals surface area contributed by atoms with Crippen molar-refractivity contribution >= 4 is 17.7 Å². The fourth-order valence-electron chi connectivity index (χ4n) is 2.42. The first kappa shape index (κ1) is 19.9. The van der Waals surface area contributed by atoms with Crippen molar-refractivity contribution in [3.8, 4) is 0 Å². The van der Waals surface area contributed by atoms with Crippen LogP contribution in [0.3, 0.4) is 0 Å². The highest BCUT2D eigenvalue weighted by atomic mass is 16.6. The van der Waals surface area contributed by atoms with E-state index in [4.69, 9.17) is 0 Å². The summed E-state index contributed by atoms with van der Waals surface area (Å²) in [5.74, 6) is 0.0144. The SMILES string of the molecule is CCCCCN(CCCCC)C(=O)C=Cc1ccc([N+](=O)[O-])cc1. The molecule has 1 aromatic carbocycles. The molecule has 1 amide bonds. The lowest BCUT2D eigenvalue weighted by molar-refractivity contribution is -0.384. The van der Waals surface area contributed by atoms with Gasteiger partial charge in [-0.15, -0.1) is 0 Å². The number of amides is 1. The van der Waals surface area contributed by atoms with E-state index in [1.54, 1.807) is 24.3 Å². The molecule has 5 heteroatoms. The molecule has 0 N–H and O–H groups in total. The molecular formula is C19H28N2O3. The molecule has 0 atom stereocenters. The molecule has 24 heavy (non-hydrogen) atoms. The Bertz CT molecular complexity index is 528. The van der Waals surface area contributed by atoms with Gasteiger partial charge in [-0.05, 0) is 36.6 Å². The fourth-order valence-corrected chi connectivity index (χ4v) is 2.42. The van der Waals surface area contributed by atoms with Gasteiger partial charge in [0.05, 0.1) is 4.92 Å². The van der Waals surface area contributed by atoms with Gasteiger partial charge in [0.25, 0.3) is 5.69 Å². The number of benzene rings is 1. The molecule has 0 saturated heterocycles. The zero-order valence-corrected chi connectivity index (χ0v) is 14.7. The summed E-state index contributed by atoms with van der Waals surface area (Å²) in [5.41, 5.74) is 0.843. The van der Waals surface area contributed by atoms with Gasteiger partial charge in [0.2, 0.25) is 5.91 Å². The van der Waals surface area contributed by atoms with Crippen LogP contribution in [-0.4, -0.2) is 28.8 Å². The van der Waals surface area contributed by atoms with Gasteiger partial charge in [-0.2, -0.15) is 0 Å². The van der Waals surface area contributed by atoms with Crippen LogP contribution in [0.2, 0.25) is 0 Å². The first-order valence-corrected chi connectivity index (χ1v) is 8.80. The van der Waals surface area contributed by atoms with E-state index >= 15 is 0 Å². The third-order valence-corrected chi connectivity index (χ3v) is 3.90. The average Bonchev–Trinajstić information content (AvgIpc) is 2.59. The van der Waals surface area contributed by atoms with E-state index in [1.807, 2.05) is 4.90 Å². The summed E-state index contributed by atoms with van der Waals surface area (Å²) in [7, 11) is 0. The standard InChI is InChI=1S/C19H28N2O3/c1-3-5-7-15-20(16-8-6-4-2)19(22)14-11-17-9-12-18(13-10-17)21(23)24/h9-14H,3-8,15-16H2,1-2H3. The summed E-state index contributed by atoms with van der Waals surface area (Å²) in [4.78, 5) is 24.5. The Morgan fingerprint density at radius 2 is 1.58 bits per heavy atom. The zero-order valence-electron chi connectivity index (χ0n) is 14.7. The average molecular weight is 332 g/mol. The second-order valence-electron chi connectivity index (χ2n) is 5.92. The van der Waals surface area contributed by atoms with Crippen molar-refractivity contribution in [2.75, 3.05) is 13.1 Å². The van der Waals surface area contributed by atoms with Crippen LogP contribution < -0.4 is 0 Å². The van der Waals surface area contributed by atoms with Gasteiger partial charge in [-0.25, -0.2) is 0 Å². The van der Waals surface area contributed by atoms with Crippen molar-refractivity contribution in [3.05, 3.63) is 46.0 Å². The number of hydrogen-bond acceptors (Lipinski definition) is 3. The molecule has 5 nitrogen and oxygen atoms in total. The number of nitro benzene ring substituents is 1. The van der Waals surface area contributed by atoms with Crippen LogP contribution >= 0.6 is 0 Å². The smallest absolute Gasteiger partial charge is 0.269 e. The fraction of sp³-hybridized carbons (Fsp3) is 0.526. The second-order valence-corrected chi connectivity index (χ2v) is 5.92. The van der Waals surface area contributed by atoms with Crippen LogP contribution in [0.1, 0.15) is 57.9 Å². The highest BCUT2D eigenvalue weighted by molar-refractivity contribution is 5.91. The third-order valence-electron chi connectivity index (χ3n) is 3.90. The molecule has 0 aromatic heterocycles. The van der Waals surface area contributed by atoms with Crippen LogP contribution in [0.25, 0.3) is 6.08 Å². The molecular weight excluding hydrogens is 304 g/mol. The zero-order chi connectivity index (χ0) is 17.8. The Kier molecular flexibility index (Phi) is 9.42. The lowest BCUT2D eigenvalue weighted by Gasteiger charge is -2.21. The number of carbonyl (C=O) groups is 1. The van der Waals surface area contributed by atoms with Gasteiger partial charge in [0.1, 0.15) is 0 Å². The number of nitrogens with zero attached hydrogens (tertiary/aromatic N) is 2. The summed E-state index contributed by atoms with van der Waals surface area (Å²) >= 11 is 0. The van der Waals surface area contributed by atoms with Crippen molar-refractivity contribution < 1.29 is 9.72 Å². The molecule has 0 saturated carbocycles. The minimum atomic E-state index is -0.429. The van der Waals surface area contributed by atoms with Gasteiger partial charge in [-0.3, -0.25) is 14.9 Å². The summed E-state index contributed by atoms with van der Waals surface area (Å²) in [5, 5.41) is 10.6. The Morgan fingerprint density at radius 1 is 1.04 bits per heavy atom. The maximum absolute atomic E-state index is 12.4. The highest BCUT2D eigenvalue weighted by Crippen LogP contribution is 2.13. The van der Waals surface area contributed by atoms with Gasteiger partial charge < -0.3 is 4.90 Å². The molecule has 0 unspecified atom stereocenters. The van der Waals surface area contributed by atoms with Crippen LogP contribution in [0.5, 0.6) is 0 Å². The Hall–Kier alpha value is -2.17. The van der Waals surface area contributed by atoms with E-state index in [2.05, 4.69) is 13.8 Å². The quantitative estimate of drug-likeness (QED) is 0.253. The van der Waals surface area contributed by atoms with Crippen LogP contribution in [-0.2, 0) is 4.79 Å². The van der Waals surface area contributed by atoms with Gasteiger partial charge in [-0.1, -0.05) is 39.5 Å². The van der Waals surface area contributed by atoms with Crippen LogP contribution in [0.4, 0.5) is 5.69 Å². The predicted octanol–water partition coefficient (Wildman–Crippen LogP) is 4.82. The summed E-state index contributed by atoms with van der Waals surface area (Å²) < 4.78 is 0. The van der Waals surface area contributed by atoms with E-state index in [9.17, 15) is 14.9 Å².